The van der Waals surface area contributed by atoms with Crippen LogP contribution in [0, 0.1) is 5.41 Å². The van der Waals surface area contributed by atoms with E-state index in [1.807, 2.05) is 48.9 Å². The summed E-state index contributed by atoms with van der Waals surface area (Å²) in [6.45, 7) is 3.36. The van der Waals surface area contributed by atoms with Crippen molar-refractivity contribution in [3.63, 3.8) is 0 Å². The normalized spacial score (nSPS) is 21.3. The first kappa shape index (κ1) is 27.5. The summed E-state index contributed by atoms with van der Waals surface area (Å²) >= 11 is 13.4. The van der Waals surface area contributed by atoms with E-state index >= 15 is 0 Å². The molecule has 0 unspecified atom stereocenters. The third kappa shape index (κ3) is 5.13. The first-order valence-corrected chi connectivity index (χ1v) is 14.0. The van der Waals surface area contributed by atoms with Gasteiger partial charge in [0.15, 0.2) is 5.82 Å². The molecule has 1 aliphatic heterocycles. The van der Waals surface area contributed by atoms with Crippen LogP contribution < -0.4 is 10.6 Å². The Labute approximate surface area is 238 Å². The lowest BCUT2D eigenvalue weighted by molar-refractivity contribution is -0.150. The number of nitrogens with zero attached hydrogens (tertiary/aromatic N) is 3. The van der Waals surface area contributed by atoms with Crippen LogP contribution in [0.4, 0.5) is 11.4 Å². The molecule has 8 nitrogen and oxygen atoms in total. The summed E-state index contributed by atoms with van der Waals surface area (Å²) in [5.41, 5.74) is 4.08. The van der Waals surface area contributed by atoms with E-state index in [0.29, 0.717) is 47.0 Å². The van der Waals surface area contributed by atoms with Crippen LogP contribution in [0.2, 0.25) is 10.0 Å². The van der Waals surface area contributed by atoms with Gasteiger partial charge in [0.2, 0.25) is 0 Å². The van der Waals surface area contributed by atoms with Crippen LogP contribution >= 0.6 is 23.2 Å². The van der Waals surface area contributed by atoms with Gasteiger partial charge in [-0.2, -0.15) is 0 Å². The summed E-state index contributed by atoms with van der Waals surface area (Å²) < 4.78 is 1.87. The Bertz CT molecular complexity index is 1430. The smallest absolute Gasteiger partial charge is 0.309 e. The molecule has 0 spiro atoms. The fourth-order valence-corrected chi connectivity index (χ4v) is 6.43. The minimum absolute atomic E-state index is 0.331. The number of carbonyl (C=O) groups is 2. The molecule has 206 valence electrons. The second-order valence-corrected chi connectivity index (χ2v) is 11.5. The van der Waals surface area contributed by atoms with Gasteiger partial charge in [-0.25, -0.2) is 4.98 Å². The van der Waals surface area contributed by atoms with E-state index in [-0.39, 0.29) is 5.91 Å². The van der Waals surface area contributed by atoms with Crippen molar-refractivity contribution in [1.29, 1.82) is 0 Å². The van der Waals surface area contributed by atoms with Crippen molar-refractivity contribution in [2.75, 3.05) is 24.2 Å². The number of rotatable bonds is 6. The number of amides is 1. The lowest BCUT2D eigenvalue weighted by Gasteiger charge is -2.41. The number of fused-ring (bicyclic) bond motifs is 1. The Morgan fingerprint density at radius 2 is 1.67 bits per heavy atom. The van der Waals surface area contributed by atoms with Crippen molar-refractivity contribution in [2.45, 2.75) is 51.6 Å². The second kappa shape index (κ2) is 10.8. The Morgan fingerprint density at radius 3 is 2.28 bits per heavy atom. The van der Waals surface area contributed by atoms with Gasteiger partial charge in [-0.05, 0) is 44.7 Å². The summed E-state index contributed by atoms with van der Waals surface area (Å²) in [5, 5.41) is 16.5. The van der Waals surface area contributed by atoms with Gasteiger partial charge in [0.1, 0.15) is 0 Å². The van der Waals surface area contributed by atoms with Crippen molar-refractivity contribution in [2.24, 2.45) is 12.5 Å². The molecular weight excluding hydrogens is 537 g/mol. The van der Waals surface area contributed by atoms with Crippen LogP contribution in [0.15, 0.2) is 36.4 Å². The second-order valence-electron chi connectivity index (χ2n) is 10.7. The van der Waals surface area contributed by atoms with Crippen LogP contribution in [-0.2, 0) is 24.8 Å². The topological polar surface area (TPSA) is 99.5 Å². The molecule has 2 heterocycles. The Balaban J connectivity index is 1.32. The zero-order valence-electron chi connectivity index (χ0n) is 22.4. The first-order chi connectivity index (χ1) is 18.6. The minimum atomic E-state index is -0.706. The number of anilines is 2. The number of hydrogen-bond acceptors (Lipinski definition) is 5. The quantitative estimate of drug-likeness (QED) is 0.332. The fourth-order valence-electron chi connectivity index (χ4n) is 5.83. The zero-order chi connectivity index (χ0) is 27.9. The Morgan fingerprint density at radius 1 is 1.05 bits per heavy atom. The number of carbonyl (C=O) groups excluding carboxylic acids is 1. The van der Waals surface area contributed by atoms with E-state index in [4.69, 9.17) is 28.2 Å². The van der Waals surface area contributed by atoms with Gasteiger partial charge in [0.05, 0.1) is 32.5 Å². The lowest BCUT2D eigenvalue weighted by atomic mass is 9.73. The highest BCUT2D eigenvalue weighted by molar-refractivity contribution is 6.39. The maximum Gasteiger partial charge on any atom is 0.309 e. The van der Waals surface area contributed by atoms with Gasteiger partial charge < -0.3 is 20.3 Å². The number of benzene rings is 2. The lowest BCUT2D eigenvalue weighted by Crippen LogP contribution is -2.44. The van der Waals surface area contributed by atoms with E-state index < -0.39 is 11.4 Å². The molecule has 0 saturated heterocycles. The highest BCUT2D eigenvalue weighted by Gasteiger charge is 2.40. The van der Waals surface area contributed by atoms with Crippen molar-refractivity contribution >= 4 is 46.5 Å². The molecule has 10 heteroatoms. The van der Waals surface area contributed by atoms with Crippen LogP contribution in [0.5, 0.6) is 0 Å². The highest BCUT2D eigenvalue weighted by atomic mass is 35.5. The van der Waals surface area contributed by atoms with E-state index in [0.717, 1.165) is 54.0 Å². The molecule has 1 aliphatic carbocycles. The molecule has 3 aromatic rings. The number of aromatic nitrogens is 2. The van der Waals surface area contributed by atoms with Gasteiger partial charge in [-0.1, -0.05) is 47.5 Å². The average Bonchev–Trinajstić information content (AvgIpc) is 3.26. The molecule has 2 aromatic carbocycles. The Hall–Kier alpha value is -3.07. The highest BCUT2D eigenvalue weighted by Crippen LogP contribution is 2.41. The van der Waals surface area contributed by atoms with Crippen molar-refractivity contribution in [3.05, 3.63) is 63.7 Å². The van der Waals surface area contributed by atoms with Crippen molar-refractivity contribution in [3.8, 4) is 11.1 Å². The van der Waals surface area contributed by atoms with E-state index in [9.17, 15) is 14.7 Å². The molecule has 1 saturated carbocycles. The molecule has 39 heavy (non-hydrogen) atoms. The third-order valence-electron chi connectivity index (χ3n) is 8.38. The number of nitrogens with one attached hydrogen (secondary N) is 2. The van der Waals surface area contributed by atoms with Crippen LogP contribution in [-0.4, -0.2) is 51.1 Å². The van der Waals surface area contributed by atoms with Crippen LogP contribution in [0.1, 0.15) is 54.6 Å². The number of carboxylic acids is 1. The molecule has 1 fully saturated rings. The predicted molar refractivity (Wildman–Crippen MR) is 155 cm³/mol. The zero-order valence-corrected chi connectivity index (χ0v) is 23.9. The van der Waals surface area contributed by atoms with Gasteiger partial charge >= 0.3 is 5.97 Å². The maximum atomic E-state index is 13.4. The molecule has 0 radical (unpaired) electrons. The van der Waals surface area contributed by atoms with Crippen LogP contribution in [0.25, 0.3) is 11.1 Å². The maximum absolute atomic E-state index is 13.4. The Kier molecular flexibility index (Phi) is 7.64. The molecule has 1 aromatic heterocycles. The van der Waals surface area contributed by atoms with Gasteiger partial charge in [-0.3, -0.25) is 14.5 Å². The minimum Gasteiger partial charge on any atom is -0.481 e. The molecule has 0 bridgehead atoms. The fraction of sp³-hybridized carbons (Fsp3) is 0.414. The number of carboxylic acid groups (broad SMARTS) is 1. The van der Waals surface area contributed by atoms with Gasteiger partial charge in [0, 0.05) is 56.5 Å². The number of aliphatic carboxylic acids is 1. The largest absolute Gasteiger partial charge is 0.481 e. The summed E-state index contributed by atoms with van der Waals surface area (Å²) in [6, 6.07) is 11.5. The van der Waals surface area contributed by atoms with E-state index in [2.05, 4.69) is 15.5 Å². The SMILES string of the molecule is CNc1cccc(-c2cccc(NC(=O)c3nc4c(n3C)CCN(C3CCC(C)(C(=O)O)CC3)C4)c2Cl)c1Cl. The summed E-state index contributed by atoms with van der Waals surface area (Å²) in [5.74, 6) is -0.703. The number of imidazole rings is 1. The average molecular weight is 571 g/mol. The summed E-state index contributed by atoms with van der Waals surface area (Å²) in [4.78, 5) is 32.1. The monoisotopic (exact) mass is 569 g/mol. The van der Waals surface area contributed by atoms with Crippen molar-refractivity contribution in [1.82, 2.24) is 14.5 Å². The van der Waals surface area contributed by atoms with E-state index in [1.54, 1.807) is 13.1 Å². The predicted octanol–water partition coefficient (Wildman–Crippen LogP) is 6.08. The molecule has 1 amide bonds. The third-order valence-corrected chi connectivity index (χ3v) is 9.20. The molecule has 5 rings (SSSR count). The molecular formula is C29H33Cl2N5O3. The number of halogens is 2. The van der Waals surface area contributed by atoms with Gasteiger partial charge in [-0.15, -0.1) is 0 Å². The van der Waals surface area contributed by atoms with Crippen molar-refractivity contribution < 1.29 is 14.7 Å². The number of hydrogen-bond donors (Lipinski definition) is 3. The standard InChI is InChI=1S/C29H33Cl2N5O3/c1-29(28(38)39)13-10-17(11-14-29)36-15-12-23-22(16-36)33-26(35(23)3)27(37)34-21-9-5-7-19(25(21)31)18-6-4-8-20(32-2)24(18)30/h4-9,17,32H,10-16H2,1-3H3,(H,34,37)(H,38,39). The summed E-state index contributed by atoms with van der Waals surface area (Å²) in [7, 11) is 3.68. The van der Waals surface area contributed by atoms with Crippen LogP contribution in [0.3, 0.4) is 0 Å². The first-order valence-electron chi connectivity index (χ1n) is 13.2. The molecule has 2 aliphatic rings. The molecule has 3 N–H and O–H groups in total. The van der Waals surface area contributed by atoms with E-state index in [1.165, 1.54) is 0 Å². The molecule has 0 atom stereocenters. The summed E-state index contributed by atoms with van der Waals surface area (Å²) in [6.07, 6.45) is 3.85. The van der Waals surface area contributed by atoms with Gasteiger partial charge in [0.25, 0.3) is 5.91 Å².